The van der Waals surface area contributed by atoms with E-state index in [1.807, 2.05) is 24.3 Å². The number of carbonyl (C=O) groups excluding carboxylic acids is 1. The molecule has 1 aliphatic rings. The van der Waals surface area contributed by atoms with Crippen LogP contribution in [0.25, 0.3) is 11.1 Å². The number of para-hydroxylation sites is 2. The quantitative estimate of drug-likeness (QED) is 0.562. The first-order valence-corrected chi connectivity index (χ1v) is 11.0. The smallest absolute Gasteiger partial charge is 0.257 e. The van der Waals surface area contributed by atoms with Gasteiger partial charge in [-0.2, -0.15) is 11.8 Å². The number of carbonyl (C=O) groups is 1. The Morgan fingerprint density at radius 1 is 1.25 bits per heavy atom. The molecule has 1 aliphatic heterocycles. The lowest BCUT2D eigenvalue weighted by molar-refractivity contribution is -0.128. The van der Waals surface area contributed by atoms with Gasteiger partial charge in [-0.25, -0.2) is 13.8 Å². The van der Waals surface area contributed by atoms with Gasteiger partial charge in [0.25, 0.3) is 5.22 Å². The lowest BCUT2D eigenvalue weighted by atomic mass is 10.1. The van der Waals surface area contributed by atoms with Crippen LogP contribution < -0.4 is 0 Å². The second-order valence-electron chi connectivity index (χ2n) is 6.43. The molecule has 0 bridgehead atoms. The normalized spacial score (nSPS) is 17.6. The molecule has 0 spiro atoms. The molecule has 8 heteroatoms. The van der Waals surface area contributed by atoms with Crippen molar-refractivity contribution < 1.29 is 18.0 Å². The number of benzene rings is 2. The largest absolute Gasteiger partial charge is 0.431 e. The van der Waals surface area contributed by atoms with Crippen LogP contribution in [-0.4, -0.2) is 40.4 Å². The number of rotatable bonds is 4. The third-order valence-electron chi connectivity index (χ3n) is 4.59. The van der Waals surface area contributed by atoms with Crippen molar-refractivity contribution in [1.82, 2.24) is 9.88 Å². The number of halogens is 2. The van der Waals surface area contributed by atoms with Gasteiger partial charge >= 0.3 is 0 Å². The molecular formula is C20H18F2N2O2S2. The Labute approximate surface area is 169 Å². The van der Waals surface area contributed by atoms with E-state index in [2.05, 4.69) is 4.98 Å². The van der Waals surface area contributed by atoms with Crippen molar-refractivity contribution in [2.24, 2.45) is 0 Å². The van der Waals surface area contributed by atoms with Gasteiger partial charge in [-0.3, -0.25) is 4.79 Å². The molecule has 1 fully saturated rings. The van der Waals surface area contributed by atoms with Crippen LogP contribution in [0.15, 0.2) is 52.1 Å². The third-order valence-corrected chi connectivity index (χ3v) is 6.72. The highest BCUT2D eigenvalue weighted by atomic mass is 32.2. The third kappa shape index (κ3) is 4.33. The Kier molecular flexibility index (Phi) is 5.87. The van der Waals surface area contributed by atoms with Crippen LogP contribution in [0.2, 0.25) is 0 Å². The van der Waals surface area contributed by atoms with Crippen LogP contribution in [0.4, 0.5) is 8.78 Å². The number of nitrogens with zero attached hydrogens (tertiary/aromatic N) is 2. The Morgan fingerprint density at radius 3 is 2.96 bits per heavy atom. The van der Waals surface area contributed by atoms with Gasteiger partial charge in [0.2, 0.25) is 5.91 Å². The molecule has 3 aromatic rings. The molecule has 0 N–H and O–H groups in total. The van der Waals surface area contributed by atoms with Crippen LogP contribution >= 0.6 is 23.5 Å². The fourth-order valence-electron chi connectivity index (χ4n) is 3.16. The Bertz CT molecular complexity index is 962. The van der Waals surface area contributed by atoms with E-state index < -0.39 is 11.6 Å². The van der Waals surface area contributed by atoms with E-state index in [4.69, 9.17) is 4.42 Å². The average molecular weight is 421 g/mol. The van der Waals surface area contributed by atoms with Crippen LogP contribution in [0, 0.1) is 11.6 Å². The van der Waals surface area contributed by atoms with Crippen LogP contribution in [0.5, 0.6) is 0 Å². The minimum absolute atomic E-state index is 0.00628. The molecule has 0 aliphatic carbocycles. The molecule has 1 atom stereocenters. The van der Waals surface area contributed by atoms with E-state index in [9.17, 15) is 13.6 Å². The van der Waals surface area contributed by atoms with E-state index in [-0.39, 0.29) is 16.9 Å². The molecule has 2 aromatic carbocycles. The molecule has 1 saturated heterocycles. The predicted octanol–water partition coefficient (Wildman–Crippen LogP) is 4.90. The molecule has 1 unspecified atom stereocenters. The first kappa shape index (κ1) is 19.3. The summed E-state index contributed by atoms with van der Waals surface area (Å²) in [5.41, 5.74) is 1.84. The zero-order valence-corrected chi connectivity index (χ0v) is 16.6. The van der Waals surface area contributed by atoms with Gasteiger partial charge in [-0.05, 0) is 36.8 Å². The summed E-state index contributed by atoms with van der Waals surface area (Å²) in [5, 5.41) is 0.316. The number of hydrogen-bond donors (Lipinski definition) is 0. The van der Waals surface area contributed by atoms with Crippen molar-refractivity contribution in [1.29, 1.82) is 0 Å². The number of oxazole rings is 1. The van der Waals surface area contributed by atoms with Gasteiger partial charge in [0.05, 0.1) is 5.75 Å². The first-order chi connectivity index (χ1) is 13.6. The van der Waals surface area contributed by atoms with Crippen LogP contribution in [-0.2, 0) is 4.79 Å². The molecule has 0 saturated carbocycles. The Morgan fingerprint density at radius 2 is 2.11 bits per heavy atom. The zero-order chi connectivity index (χ0) is 19.5. The van der Waals surface area contributed by atoms with Crippen molar-refractivity contribution in [3.63, 3.8) is 0 Å². The molecule has 4 nitrogen and oxygen atoms in total. The summed E-state index contributed by atoms with van der Waals surface area (Å²) in [4.78, 5) is 18.7. The van der Waals surface area contributed by atoms with E-state index in [1.165, 1.54) is 17.8 Å². The van der Waals surface area contributed by atoms with Gasteiger partial charge < -0.3 is 9.32 Å². The molecule has 1 amide bonds. The monoisotopic (exact) mass is 420 g/mol. The van der Waals surface area contributed by atoms with Crippen molar-refractivity contribution in [3.8, 4) is 0 Å². The molecular weight excluding hydrogens is 402 g/mol. The lowest BCUT2D eigenvalue weighted by Crippen LogP contribution is -2.34. The van der Waals surface area contributed by atoms with E-state index in [0.29, 0.717) is 41.6 Å². The lowest BCUT2D eigenvalue weighted by Gasteiger charge is -2.20. The number of fused-ring (bicyclic) bond motifs is 1. The minimum Gasteiger partial charge on any atom is -0.431 e. The van der Waals surface area contributed by atoms with Crippen molar-refractivity contribution in [3.05, 3.63) is 59.7 Å². The molecule has 4 rings (SSSR count). The van der Waals surface area contributed by atoms with Crippen molar-refractivity contribution in [2.45, 2.75) is 16.9 Å². The van der Waals surface area contributed by atoms with Gasteiger partial charge in [-0.1, -0.05) is 23.9 Å². The maximum absolute atomic E-state index is 14.1. The predicted molar refractivity (Wildman–Crippen MR) is 107 cm³/mol. The van der Waals surface area contributed by atoms with Gasteiger partial charge in [0, 0.05) is 29.7 Å². The Hall–Kier alpha value is -2.06. The summed E-state index contributed by atoms with van der Waals surface area (Å²) < 4.78 is 33.2. The maximum atomic E-state index is 14.1. The highest BCUT2D eigenvalue weighted by Crippen LogP contribution is 2.36. The second kappa shape index (κ2) is 8.53. The number of hydrogen-bond acceptors (Lipinski definition) is 5. The number of amides is 1. The molecule has 28 heavy (non-hydrogen) atoms. The summed E-state index contributed by atoms with van der Waals surface area (Å²) >= 11 is 2.83. The highest BCUT2D eigenvalue weighted by molar-refractivity contribution is 7.99. The Balaban J connectivity index is 1.35. The summed E-state index contributed by atoms with van der Waals surface area (Å²) in [6.07, 6.45) is 0.588. The van der Waals surface area contributed by atoms with E-state index >= 15 is 0 Å². The minimum atomic E-state index is -0.441. The fraction of sp³-hybridized carbons (Fsp3) is 0.300. The first-order valence-electron chi connectivity index (χ1n) is 8.93. The molecule has 146 valence electrons. The summed E-state index contributed by atoms with van der Waals surface area (Å²) in [7, 11) is 0. The van der Waals surface area contributed by atoms with Crippen LogP contribution in [0.3, 0.4) is 0 Å². The molecule has 2 heterocycles. The standard InChI is InChI=1S/C20H18F2N2O2S2/c21-13-5-6-15(22)14(11-13)18-7-8-24(9-10-27-18)19(25)12-28-20-23-16-3-1-2-4-17(16)26-20/h1-6,11,18H,7-10,12H2. The summed E-state index contributed by atoms with van der Waals surface area (Å²) in [6, 6.07) is 11.0. The van der Waals surface area contributed by atoms with E-state index in [1.54, 1.807) is 16.7 Å². The fourth-order valence-corrected chi connectivity index (χ4v) is 5.14. The van der Waals surface area contributed by atoms with Gasteiger partial charge in [0.1, 0.15) is 17.2 Å². The zero-order valence-electron chi connectivity index (χ0n) is 14.9. The number of thioether (sulfide) groups is 2. The van der Waals surface area contributed by atoms with Crippen molar-refractivity contribution >= 4 is 40.5 Å². The van der Waals surface area contributed by atoms with Crippen molar-refractivity contribution in [2.75, 3.05) is 24.6 Å². The molecule has 1 aromatic heterocycles. The average Bonchev–Trinajstić information content (AvgIpc) is 2.96. The van der Waals surface area contributed by atoms with Crippen LogP contribution in [0.1, 0.15) is 17.2 Å². The second-order valence-corrected chi connectivity index (χ2v) is 8.67. The summed E-state index contributed by atoms with van der Waals surface area (Å²) in [6.45, 7) is 1.10. The highest BCUT2D eigenvalue weighted by Gasteiger charge is 2.24. The SMILES string of the molecule is O=C(CSc1nc2ccccc2o1)N1CCSC(c2cc(F)ccc2F)CC1. The molecule has 0 radical (unpaired) electrons. The number of aromatic nitrogens is 1. The maximum Gasteiger partial charge on any atom is 0.257 e. The summed E-state index contributed by atoms with van der Waals surface area (Å²) in [5.74, 6) is 0.0680. The van der Waals surface area contributed by atoms with Gasteiger partial charge in [-0.15, -0.1) is 0 Å². The topological polar surface area (TPSA) is 46.3 Å². The van der Waals surface area contributed by atoms with Gasteiger partial charge in [0.15, 0.2) is 5.58 Å². The van der Waals surface area contributed by atoms with E-state index in [0.717, 1.165) is 17.6 Å².